The van der Waals surface area contributed by atoms with Gasteiger partial charge in [-0.1, -0.05) is 119 Å². The van der Waals surface area contributed by atoms with Crippen LogP contribution in [0.15, 0.2) is 90.5 Å². The first-order valence-electron chi connectivity index (χ1n) is 15.0. The second-order valence-electron chi connectivity index (χ2n) is 10.3. The minimum absolute atomic E-state index is 0.288. The van der Waals surface area contributed by atoms with Crippen LogP contribution in [-0.4, -0.2) is 18.2 Å². The van der Waals surface area contributed by atoms with Crippen molar-refractivity contribution in [2.75, 3.05) is 0 Å². The van der Waals surface area contributed by atoms with E-state index in [1.807, 2.05) is 54.6 Å². The highest BCUT2D eigenvalue weighted by molar-refractivity contribution is 5.91. The minimum Gasteiger partial charge on any atom is -0.454 e. The van der Waals surface area contributed by atoms with Gasteiger partial charge in [-0.2, -0.15) is 0 Å². The van der Waals surface area contributed by atoms with Crippen LogP contribution in [0.2, 0.25) is 0 Å². The first-order chi connectivity index (χ1) is 20.0. The van der Waals surface area contributed by atoms with Crippen molar-refractivity contribution >= 4 is 11.9 Å². The van der Waals surface area contributed by atoms with Gasteiger partial charge in [0.15, 0.2) is 0 Å². The highest BCUT2D eigenvalue weighted by Crippen LogP contribution is 2.31. The molecule has 218 valence electrons. The molecule has 1 atom stereocenters. The van der Waals surface area contributed by atoms with Crippen LogP contribution in [0.1, 0.15) is 95.3 Å². The highest BCUT2D eigenvalue weighted by atomic mass is 16.7. The Kier molecular flexibility index (Phi) is 13.7. The van der Waals surface area contributed by atoms with Crippen molar-refractivity contribution in [3.63, 3.8) is 0 Å². The molecule has 5 heteroatoms. The average molecular weight is 557 g/mol. The molecule has 0 N–H and O–H groups in total. The largest absolute Gasteiger partial charge is 0.454 e. The molecule has 0 amide bonds. The molecular weight excluding hydrogens is 512 g/mol. The topological polar surface area (TPSA) is 61.8 Å². The number of ether oxygens (including phenoxy) is 3. The Hall–Kier alpha value is -3.86. The summed E-state index contributed by atoms with van der Waals surface area (Å²) >= 11 is 0. The quantitative estimate of drug-likeness (QED) is 0.0544. The van der Waals surface area contributed by atoms with Crippen LogP contribution >= 0.6 is 0 Å². The third-order valence-corrected chi connectivity index (χ3v) is 7.05. The number of hydrogen-bond donors (Lipinski definition) is 0. The third-order valence-electron chi connectivity index (χ3n) is 7.05. The van der Waals surface area contributed by atoms with E-state index in [2.05, 4.69) is 6.92 Å². The Bertz CT molecular complexity index is 1250. The summed E-state index contributed by atoms with van der Waals surface area (Å²) in [4.78, 5) is 25.4. The van der Waals surface area contributed by atoms with Crippen LogP contribution in [-0.2, 0) is 9.53 Å². The lowest BCUT2D eigenvalue weighted by atomic mass is 10.0. The van der Waals surface area contributed by atoms with E-state index in [1.165, 1.54) is 44.6 Å². The van der Waals surface area contributed by atoms with E-state index < -0.39 is 18.2 Å². The Labute approximate surface area is 245 Å². The van der Waals surface area contributed by atoms with Gasteiger partial charge in [0.05, 0.1) is 5.56 Å². The van der Waals surface area contributed by atoms with Crippen molar-refractivity contribution < 1.29 is 23.8 Å². The average Bonchev–Trinajstić information content (AvgIpc) is 3.00. The molecule has 0 fully saturated rings. The molecule has 41 heavy (non-hydrogen) atoms. The molecule has 1 unspecified atom stereocenters. The number of carbonyl (C=O) groups is 2. The monoisotopic (exact) mass is 556 g/mol. The van der Waals surface area contributed by atoms with Crippen molar-refractivity contribution in [3.05, 3.63) is 96.1 Å². The molecule has 0 saturated heterocycles. The van der Waals surface area contributed by atoms with Gasteiger partial charge in [-0.25, -0.2) is 9.59 Å². The summed E-state index contributed by atoms with van der Waals surface area (Å²) < 4.78 is 17.7. The molecule has 0 aliphatic carbocycles. The second kappa shape index (κ2) is 17.8. The zero-order valence-electron chi connectivity index (χ0n) is 24.8. The molecule has 0 aliphatic rings. The first-order valence-corrected chi connectivity index (χ1v) is 15.0. The van der Waals surface area contributed by atoms with Gasteiger partial charge in [0.1, 0.15) is 11.5 Å². The maximum atomic E-state index is 13.2. The van der Waals surface area contributed by atoms with E-state index >= 15 is 0 Å². The summed E-state index contributed by atoms with van der Waals surface area (Å²) in [5, 5.41) is 0. The summed E-state index contributed by atoms with van der Waals surface area (Å²) in [7, 11) is 0. The molecule has 0 spiro atoms. The summed E-state index contributed by atoms with van der Waals surface area (Å²) in [5.74, 6) is -0.0284. The Morgan fingerprint density at radius 2 is 1.44 bits per heavy atom. The predicted octanol–water partition coefficient (Wildman–Crippen LogP) is 9.71. The van der Waals surface area contributed by atoms with Crippen molar-refractivity contribution in [3.8, 4) is 22.6 Å². The summed E-state index contributed by atoms with van der Waals surface area (Å²) in [6, 6.07) is 24.3. The highest BCUT2D eigenvalue weighted by Gasteiger charge is 2.20. The van der Waals surface area contributed by atoms with E-state index in [0.717, 1.165) is 30.4 Å². The number of rotatable bonds is 17. The van der Waals surface area contributed by atoms with Crippen LogP contribution in [0.25, 0.3) is 11.1 Å². The van der Waals surface area contributed by atoms with Crippen molar-refractivity contribution in [2.24, 2.45) is 0 Å². The Balaban J connectivity index is 1.68. The van der Waals surface area contributed by atoms with Gasteiger partial charge in [0.25, 0.3) is 0 Å². The molecule has 3 rings (SSSR count). The predicted molar refractivity (Wildman–Crippen MR) is 165 cm³/mol. The van der Waals surface area contributed by atoms with Gasteiger partial charge < -0.3 is 14.2 Å². The number of para-hydroxylation sites is 1. The normalized spacial score (nSPS) is 12.0. The summed E-state index contributed by atoms with van der Waals surface area (Å²) in [6.45, 7) is 5.69. The van der Waals surface area contributed by atoms with E-state index in [4.69, 9.17) is 14.2 Å². The van der Waals surface area contributed by atoms with E-state index in [9.17, 15) is 9.59 Å². The van der Waals surface area contributed by atoms with Crippen LogP contribution < -0.4 is 9.47 Å². The van der Waals surface area contributed by atoms with Gasteiger partial charge in [0.2, 0.25) is 6.29 Å². The van der Waals surface area contributed by atoms with Crippen molar-refractivity contribution in [1.29, 1.82) is 0 Å². The third kappa shape index (κ3) is 10.9. The molecule has 0 aromatic heterocycles. The lowest BCUT2D eigenvalue weighted by molar-refractivity contribution is -0.130. The number of hydrogen-bond acceptors (Lipinski definition) is 5. The van der Waals surface area contributed by atoms with Crippen LogP contribution in [0, 0.1) is 0 Å². The van der Waals surface area contributed by atoms with Gasteiger partial charge >= 0.3 is 11.9 Å². The number of carbonyl (C=O) groups excluding carboxylic acids is 2. The van der Waals surface area contributed by atoms with Gasteiger partial charge in [-0.15, -0.1) is 0 Å². The first kappa shape index (κ1) is 31.7. The van der Waals surface area contributed by atoms with Gasteiger partial charge in [-0.3, -0.25) is 0 Å². The number of allylic oxidation sites excluding steroid dienone is 1. The number of esters is 2. The standard InChI is InChI=1S/C36H44O5/c1-4-6-7-8-9-10-11-12-16-26-34(40-33-25-18-17-24-32(33)29-20-14-13-15-21-29)41-36(38)30-22-19-23-31(27-30)39-35(37)28(3)5-2/h5,13-15,17-25,27,34H,4,6-12,16,26H2,1-3H3/b28-5+. The van der Waals surface area contributed by atoms with Gasteiger partial charge in [-0.05, 0) is 50.1 Å². The fraction of sp³-hybridized carbons (Fsp3) is 0.389. The second-order valence-corrected chi connectivity index (χ2v) is 10.3. The lowest BCUT2D eigenvalue weighted by Gasteiger charge is -2.21. The molecule has 5 nitrogen and oxygen atoms in total. The minimum atomic E-state index is -0.756. The number of benzene rings is 3. The van der Waals surface area contributed by atoms with Gasteiger partial charge in [0, 0.05) is 17.6 Å². The summed E-state index contributed by atoms with van der Waals surface area (Å²) in [5.41, 5.74) is 2.76. The maximum absolute atomic E-state index is 13.2. The summed E-state index contributed by atoms with van der Waals surface area (Å²) in [6.07, 6.45) is 12.3. The van der Waals surface area contributed by atoms with E-state index in [-0.39, 0.29) is 5.75 Å². The molecule has 3 aromatic carbocycles. The Morgan fingerprint density at radius 3 is 2.15 bits per heavy atom. The van der Waals surface area contributed by atoms with Crippen LogP contribution in [0.5, 0.6) is 11.5 Å². The van der Waals surface area contributed by atoms with Crippen LogP contribution in [0.3, 0.4) is 0 Å². The van der Waals surface area contributed by atoms with Crippen LogP contribution in [0.4, 0.5) is 0 Å². The van der Waals surface area contributed by atoms with Crippen molar-refractivity contribution in [2.45, 2.75) is 91.3 Å². The Morgan fingerprint density at radius 1 is 0.780 bits per heavy atom. The van der Waals surface area contributed by atoms with Crippen molar-refractivity contribution in [1.82, 2.24) is 0 Å². The smallest absolute Gasteiger partial charge is 0.341 e. The molecule has 3 aromatic rings. The SMILES string of the molecule is C/C=C(\C)C(=O)Oc1cccc(C(=O)OC(CCCCCCCCCCC)Oc2ccccc2-c2ccccc2)c1. The fourth-order valence-corrected chi connectivity index (χ4v) is 4.51. The lowest BCUT2D eigenvalue weighted by Crippen LogP contribution is -2.25. The molecule has 0 heterocycles. The number of unbranched alkanes of at least 4 members (excludes halogenated alkanes) is 8. The zero-order chi connectivity index (χ0) is 29.3. The van der Waals surface area contributed by atoms with E-state index in [0.29, 0.717) is 23.3 Å². The fourth-order valence-electron chi connectivity index (χ4n) is 4.51. The molecule has 0 radical (unpaired) electrons. The molecule has 0 saturated carbocycles. The van der Waals surface area contributed by atoms with E-state index in [1.54, 1.807) is 38.1 Å². The maximum Gasteiger partial charge on any atom is 0.341 e. The zero-order valence-corrected chi connectivity index (χ0v) is 24.8. The molecular formula is C36H44O5. The molecule has 0 aliphatic heterocycles. The molecule has 0 bridgehead atoms.